The van der Waals surface area contributed by atoms with Crippen LogP contribution in [0.4, 0.5) is 0 Å². The topological polar surface area (TPSA) is 77.7 Å². The van der Waals surface area contributed by atoms with Gasteiger partial charge >= 0.3 is 0 Å². The predicted molar refractivity (Wildman–Crippen MR) is 93.3 cm³/mol. The van der Waals surface area contributed by atoms with Crippen LogP contribution in [0.15, 0.2) is 46.3 Å². The fourth-order valence-electron chi connectivity index (χ4n) is 3.07. The van der Waals surface area contributed by atoms with E-state index < -0.39 is 6.10 Å². The average molecular weight is 369 g/mol. The number of hydrogen-bond donors (Lipinski definition) is 0. The highest BCUT2D eigenvalue weighted by atomic mass is 32.1. The van der Waals surface area contributed by atoms with E-state index in [2.05, 4.69) is 10.1 Å². The van der Waals surface area contributed by atoms with E-state index in [1.54, 1.807) is 22.3 Å². The maximum Gasteiger partial charge on any atom is 0.267 e. The van der Waals surface area contributed by atoms with Crippen LogP contribution in [0.2, 0.25) is 0 Å². The lowest BCUT2D eigenvalue weighted by molar-refractivity contribution is -0.146. The smallest absolute Gasteiger partial charge is 0.267 e. The molecule has 2 aliphatic heterocycles. The van der Waals surface area contributed by atoms with E-state index in [1.807, 2.05) is 35.7 Å². The molecule has 0 spiro atoms. The molecule has 1 saturated heterocycles. The molecule has 8 heteroatoms. The molecule has 0 saturated carbocycles. The average Bonchev–Trinajstić information content (AvgIpc) is 3.31. The van der Waals surface area contributed by atoms with Gasteiger partial charge in [-0.3, -0.25) is 4.79 Å². The standard InChI is InChI=1S/C18H15N3O4S/c22-18(14-10-23-12-4-1-2-5-13(12)24-14)21-8-11(9-21)17-19-16(20-25-17)15-6-3-7-26-15/h1-7,11,14H,8-10H2/t14-/m1/s1. The molecule has 1 amide bonds. The third kappa shape index (κ3) is 2.62. The Hall–Kier alpha value is -2.87. The first-order valence-corrected chi connectivity index (χ1v) is 9.20. The van der Waals surface area contributed by atoms with Crippen LogP contribution < -0.4 is 9.47 Å². The summed E-state index contributed by atoms with van der Waals surface area (Å²) in [7, 11) is 0. The molecule has 1 aromatic carbocycles. The second-order valence-corrected chi connectivity index (χ2v) is 7.19. The molecule has 0 N–H and O–H groups in total. The fourth-order valence-corrected chi connectivity index (χ4v) is 3.72. The van der Waals surface area contributed by atoms with E-state index in [9.17, 15) is 4.79 Å². The van der Waals surface area contributed by atoms with Gasteiger partial charge in [0, 0.05) is 13.1 Å². The van der Waals surface area contributed by atoms with Gasteiger partial charge in [0.1, 0.15) is 6.61 Å². The van der Waals surface area contributed by atoms with E-state index in [0.29, 0.717) is 36.3 Å². The van der Waals surface area contributed by atoms with Gasteiger partial charge in [-0.15, -0.1) is 11.3 Å². The number of nitrogens with zero attached hydrogens (tertiary/aromatic N) is 3. The summed E-state index contributed by atoms with van der Waals surface area (Å²) in [5.74, 6) is 2.44. The van der Waals surface area contributed by atoms with Crippen molar-refractivity contribution in [1.82, 2.24) is 15.0 Å². The van der Waals surface area contributed by atoms with Crippen LogP contribution in [0.25, 0.3) is 10.7 Å². The van der Waals surface area contributed by atoms with Gasteiger partial charge < -0.3 is 18.9 Å². The van der Waals surface area contributed by atoms with Crippen LogP contribution in [0.1, 0.15) is 11.8 Å². The first-order chi connectivity index (χ1) is 12.8. The molecule has 0 bridgehead atoms. The lowest BCUT2D eigenvalue weighted by atomic mass is 9.99. The number of fused-ring (bicyclic) bond motifs is 1. The Kier molecular flexibility index (Phi) is 3.63. The Morgan fingerprint density at radius 1 is 1.15 bits per heavy atom. The number of hydrogen-bond acceptors (Lipinski definition) is 7. The fraction of sp³-hybridized carbons (Fsp3) is 0.278. The molecule has 132 valence electrons. The highest BCUT2D eigenvalue weighted by Crippen LogP contribution is 2.33. The third-order valence-electron chi connectivity index (χ3n) is 4.51. The van der Waals surface area contributed by atoms with Gasteiger partial charge in [0.2, 0.25) is 17.8 Å². The maximum atomic E-state index is 12.6. The summed E-state index contributed by atoms with van der Waals surface area (Å²) in [6.07, 6.45) is -0.616. The predicted octanol–water partition coefficient (Wildman–Crippen LogP) is 2.56. The molecular formula is C18H15N3O4S. The van der Waals surface area contributed by atoms with Gasteiger partial charge in [0.25, 0.3) is 5.91 Å². The minimum absolute atomic E-state index is 0.0666. The molecule has 1 atom stereocenters. The largest absolute Gasteiger partial charge is 0.485 e. The van der Waals surface area contributed by atoms with Crippen LogP contribution in [0.5, 0.6) is 11.5 Å². The molecule has 5 rings (SSSR count). The normalized spacial score (nSPS) is 19.2. The minimum Gasteiger partial charge on any atom is -0.485 e. The number of thiophene rings is 1. The number of likely N-dealkylation sites (tertiary alicyclic amines) is 1. The lowest BCUT2D eigenvalue weighted by Crippen LogP contribution is -2.55. The molecule has 1 fully saturated rings. The second kappa shape index (κ2) is 6.14. The summed E-state index contributed by atoms with van der Waals surface area (Å²) >= 11 is 1.57. The molecule has 2 aliphatic rings. The van der Waals surface area contributed by atoms with Gasteiger partial charge in [-0.05, 0) is 23.6 Å². The second-order valence-electron chi connectivity index (χ2n) is 6.24. The van der Waals surface area contributed by atoms with Crippen molar-refractivity contribution in [2.45, 2.75) is 12.0 Å². The van der Waals surface area contributed by atoms with Crippen molar-refractivity contribution >= 4 is 17.2 Å². The number of aromatic nitrogens is 2. The third-order valence-corrected chi connectivity index (χ3v) is 5.38. The molecule has 0 aliphatic carbocycles. The quantitative estimate of drug-likeness (QED) is 0.706. The van der Waals surface area contributed by atoms with Crippen LogP contribution in [0, 0.1) is 0 Å². The van der Waals surface area contributed by atoms with Crippen molar-refractivity contribution in [2.75, 3.05) is 19.7 Å². The summed E-state index contributed by atoms with van der Waals surface area (Å²) in [6.45, 7) is 1.32. The monoisotopic (exact) mass is 369 g/mol. The van der Waals surface area contributed by atoms with Crippen LogP contribution in [-0.4, -0.2) is 46.7 Å². The number of benzene rings is 1. The Balaban J connectivity index is 1.21. The van der Waals surface area contributed by atoms with Crippen molar-refractivity contribution in [3.63, 3.8) is 0 Å². The molecular weight excluding hydrogens is 354 g/mol. The van der Waals surface area contributed by atoms with Gasteiger partial charge in [0.05, 0.1) is 10.8 Å². The molecule has 4 heterocycles. The lowest BCUT2D eigenvalue weighted by Gasteiger charge is -2.39. The van der Waals surface area contributed by atoms with Crippen molar-refractivity contribution in [1.29, 1.82) is 0 Å². The molecule has 3 aromatic rings. The number of rotatable bonds is 3. The van der Waals surface area contributed by atoms with E-state index in [1.165, 1.54) is 0 Å². The van der Waals surface area contributed by atoms with Crippen molar-refractivity contribution in [2.24, 2.45) is 0 Å². The highest BCUT2D eigenvalue weighted by molar-refractivity contribution is 7.13. The maximum absolute atomic E-state index is 12.6. The van der Waals surface area contributed by atoms with E-state index in [0.717, 1.165) is 4.88 Å². The van der Waals surface area contributed by atoms with Gasteiger partial charge in [-0.1, -0.05) is 23.4 Å². The summed E-state index contributed by atoms with van der Waals surface area (Å²) in [5.41, 5.74) is 0. The Morgan fingerprint density at radius 3 is 2.81 bits per heavy atom. The van der Waals surface area contributed by atoms with Crippen LogP contribution >= 0.6 is 11.3 Å². The Morgan fingerprint density at radius 2 is 2.00 bits per heavy atom. The molecule has 0 radical (unpaired) electrons. The van der Waals surface area contributed by atoms with Crippen molar-refractivity contribution < 1.29 is 18.8 Å². The molecule has 7 nitrogen and oxygen atoms in total. The van der Waals surface area contributed by atoms with Crippen molar-refractivity contribution in [3.05, 3.63) is 47.7 Å². The van der Waals surface area contributed by atoms with Gasteiger partial charge in [-0.2, -0.15) is 4.98 Å². The zero-order valence-corrected chi connectivity index (χ0v) is 14.5. The zero-order valence-electron chi connectivity index (χ0n) is 13.7. The Labute approximate surface area is 153 Å². The number of ether oxygens (including phenoxy) is 2. The minimum atomic E-state index is -0.616. The number of carbonyl (C=O) groups excluding carboxylic acids is 1. The Bertz CT molecular complexity index is 934. The first kappa shape index (κ1) is 15.4. The molecule has 0 unspecified atom stereocenters. The summed E-state index contributed by atoms with van der Waals surface area (Å²) in [5, 5.41) is 5.99. The SMILES string of the molecule is O=C([C@H]1COc2ccccc2O1)N1CC(c2nc(-c3cccs3)no2)C1. The number of para-hydroxylation sites is 2. The van der Waals surface area contributed by atoms with E-state index >= 15 is 0 Å². The number of amides is 1. The first-order valence-electron chi connectivity index (χ1n) is 8.32. The highest BCUT2D eigenvalue weighted by Gasteiger charge is 2.40. The molecule has 2 aromatic heterocycles. The summed E-state index contributed by atoms with van der Waals surface area (Å²) in [6, 6.07) is 11.3. The molecule has 26 heavy (non-hydrogen) atoms. The number of carbonyl (C=O) groups is 1. The van der Waals surface area contributed by atoms with E-state index in [4.69, 9.17) is 14.0 Å². The van der Waals surface area contributed by atoms with Crippen LogP contribution in [0.3, 0.4) is 0 Å². The summed E-state index contributed by atoms with van der Waals surface area (Å²) in [4.78, 5) is 19.8. The van der Waals surface area contributed by atoms with E-state index in [-0.39, 0.29) is 18.4 Å². The summed E-state index contributed by atoms with van der Waals surface area (Å²) < 4.78 is 16.8. The van der Waals surface area contributed by atoms with Gasteiger partial charge in [0.15, 0.2) is 11.5 Å². The van der Waals surface area contributed by atoms with Gasteiger partial charge in [-0.25, -0.2) is 0 Å². The van der Waals surface area contributed by atoms with Crippen molar-refractivity contribution in [3.8, 4) is 22.2 Å². The van der Waals surface area contributed by atoms with Crippen LogP contribution in [-0.2, 0) is 4.79 Å². The zero-order chi connectivity index (χ0) is 17.5.